The molecule has 1 amide bonds. The lowest BCUT2D eigenvalue weighted by Crippen LogP contribution is -2.15. The summed E-state index contributed by atoms with van der Waals surface area (Å²) in [5.41, 5.74) is 4.88. The maximum Gasteiger partial charge on any atom is 0.251 e. The van der Waals surface area contributed by atoms with Crippen molar-refractivity contribution in [3.63, 3.8) is 0 Å². The Labute approximate surface area is 177 Å². The quantitative estimate of drug-likeness (QED) is 0.528. The Balaban J connectivity index is 1.51. The molecule has 0 aliphatic rings. The van der Waals surface area contributed by atoms with Crippen LogP contribution in [0.4, 0.5) is 5.13 Å². The molecular weight excluding hydrogens is 400 g/mol. The number of pyridine rings is 1. The van der Waals surface area contributed by atoms with Crippen molar-refractivity contribution in [1.29, 1.82) is 0 Å². The first kappa shape index (κ1) is 19.8. The molecule has 0 atom stereocenters. The number of anilines is 1. The second kappa shape index (κ2) is 8.07. The smallest absolute Gasteiger partial charge is 0.251 e. The first-order valence-corrected chi connectivity index (χ1v) is 10.1. The van der Waals surface area contributed by atoms with Gasteiger partial charge in [-0.25, -0.2) is 14.6 Å². The summed E-state index contributed by atoms with van der Waals surface area (Å²) in [7, 11) is 0. The number of nitrogens with one attached hydrogen (secondary N) is 1. The first-order valence-electron chi connectivity index (χ1n) is 9.33. The lowest BCUT2D eigenvalue weighted by molar-refractivity contribution is -0.115. The van der Waals surface area contributed by atoms with Crippen LogP contribution in [-0.4, -0.2) is 40.8 Å². The third kappa shape index (κ3) is 4.08. The fourth-order valence-electron chi connectivity index (χ4n) is 3.12. The van der Waals surface area contributed by atoms with E-state index in [1.165, 1.54) is 11.3 Å². The van der Waals surface area contributed by atoms with Crippen LogP contribution < -0.4 is 5.32 Å². The highest BCUT2D eigenvalue weighted by molar-refractivity contribution is 7.18. The molecule has 4 aromatic heterocycles. The van der Waals surface area contributed by atoms with Crippen molar-refractivity contribution in [2.45, 2.75) is 34.1 Å². The molecule has 1 N–H and O–H groups in total. The summed E-state index contributed by atoms with van der Waals surface area (Å²) < 4.78 is 1.68. The summed E-state index contributed by atoms with van der Waals surface area (Å²) in [4.78, 5) is 25.8. The van der Waals surface area contributed by atoms with Crippen molar-refractivity contribution in [2.75, 3.05) is 5.32 Å². The zero-order chi connectivity index (χ0) is 21.3. The van der Waals surface area contributed by atoms with Crippen molar-refractivity contribution in [1.82, 2.24) is 34.9 Å². The lowest BCUT2D eigenvalue weighted by Gasteiger charge is -2.06. The molecule has 0 spiro atoms. The summed E-state index contributed by atoms with van der Waals surface area (Å²) in [6.45, 7) is 7.62. The van der Waals surface area contributed by atoms with Crippen LogP contribution in [-0.2, 0) is 11.2 Å². The van der Waals surface area contributed by atoms with E-state index in [0.717, 1.165) is 34.0 Å². The minimum atomic E-state index is -0.189. The van der Waals surface area contributed by atoms with Crippen LogP contribution in [0.3, 0.4) is 0 Å². The fourth-order valence-corrected chi connectivity index (χ4v) is 3.85. The van der Waals surface area contributed by atoms with Crippen molar-refractivity contribution in [2.24, 2.45) is 0 Å². The van der Waals surface area contributed by atoms with Crippen molar-refractivity contribution in [3.8, 4) is 16.6 Å². The monoisotopic (exact) mass is 420 g/mol. The normalized spacial score (nSPS) is 10.9. The SMILES string of the molecule is Cc1cc(C)nc(-n2nc(C)c(CC(=O)Nc3nnc(-c4ccccn4)s3)c2C)n1. The molecular formula is C20H20N8OS. The molecule has 0 unspecified atom stereocenters. The molecule has 0 aliphatic heterocycles. The highest BCUT2D eigenvalue weighted by Gasteiger charge is 2.19. The number of nitrogens with zero attached hydrogens (tertiary/aromatic N) is 7. The number of carbonyl (C=O) groups excluding carboxylic acids is 1. The van der Waals surface area contributed by atoms with Gasteiger partial charge in [-0.3, -0.25) is 9.78 Å². The Kier molecular flexibility index (Phi) is 5.32. The van der Waals surface area contributed by atoms with Crippen molar-refractivity contribution in [3.05, 3.63) is 58.8 Å². The van der Waals surface area contributed by atoms with E-state index in [9.17, 15) is 4.79 Å². The molecule has 9 nitrogen and oxygen atoms in total. The van der Waals surface area contributed by atoms with Gasteiger partial charge in [-0.05, 0) is 45.9 Å². The molecule has 0 bridgehead atoms. The van der Waals surface area contributed by atoms with Gasteiger partial charge in [0.05, 0.1) is 12.1 Å². The van der Waals surface area contributed by atoms with Gasteiger partial charge in [-0.15, -0.1) is 10.2 Å². The predicted octanol–water partition coefficient (Wildman–Crippen LogP) is 2.99. The van der Waals surface area contributed by atoms with Crippen LogP contribution >= 0.6 is 11.3 Å². The molecule has 0 fully saturated rings. The van der Waals surface area contributed by atoms with Crippen molar-refractivity contribution < 1.29 is 4.79 Å². The Bertz CT molecular complexity index is 1190. The third-order valence-electron chi connectivity index (χ3n) is 4.49. The van der Waals surface area contributed by atoms with Gasteiger partial charge < -0.3 is 5.32 Å². The van der Waals surface area contributed by atoms with Gasteiger partial charge in [0.1, 0.15) is 5.69 Å². The minimum Gasteiger partial charge on any atom is -0.300 e. The van der Waals surface area contributed by atoms with Gasteiger partial charge in [-0.1, -0.05) is 17.4 Å². The lowest BCUT2D eigenvalue weighted by atomic mass is 10.1. The Morgan fingerprint density at radius 3 is 2.57 bits per heavy atom. The van der Waals surface area contributed by atoms with Crippen LogP contribution in [0.15, 0.2) is 30.5 Å². The van der Waals surface area contributed by atoms with E-state index in [-0.39, 0.29) is 12.3 Å². The molecule has 4 aromatic rings. The van der Waals surface area contributed by atoms with E-state index >= 15 is 0 Å². The molecule has 4 heterocycles. The van der Waals surface area contributed by atoms with Gasteiger partial charge in [0.2, 0.25) is 11.0 Å². The fraction of sp³-hybridized carbons (Fsp3) is 0.250. The molecule has 0 saturated carbocycles. The summed E-state index contributed by atoms with van der Waals surface area (Å²) in [6, 6.07) is 7.47. The summed E-state index contributed by atoms with van der Waals surface area (Å²) in [5.74, 6) is 0.315. The first-order chi connectivity index (χ1) is 14.4. The molecule has 0 aliphatic carbocycles. The second-order valence-corrected chi connectivity index (χ2v) is 7.84. The number of carbonyl (C=O) groups is 1. The van der Waals surface area contributed by atoms with Gasteiger partial charge in [-0.2, -0.15) is 5.10 Å². The summed E-state index contributed by atoms with van der Waals surface area (Å²) in [5, 5.41) is 16.6. The minimum absolute atomic E-state index is 0.168. The number of amides is 1. The number of hydrogen-bond acceptors (Lipinski definition) is 8. The van der Waals surface area contributed by atoms with Crippen LogP contribution in [0.25, 0.3) is 16.6 Å². The predicted molar refractivity (Wildman–Crippen MR) is 114 cm³/mol. The van der Waals surface area contributed by atoms with Crippen LogP contribution in [0.1, 0.15) is 28.3 Å². The number of aromatic nitrogens is 7. The second-order valence-electron chi connectivity index (χ2n) is 6.86. The van der Waals surface area contributed by atoms with Gasteiger partial charge in [0.25, 0.3) is 5.95 Å². The molecule has 4 rings (SSSR count). The largest absolute Gasteiger partial charge is 0.300 e. The molecule has 30 heavy (non-hydrogen) atoms. The number of rotatable bonds is 5. The Morgan fingerprint density at radius 1 is 1.10 bits per heavy atom. The van der Waals surface area contributed by atoms with E-state index < -0.39 is 0 Å². The van der Waals surface area contributed by atoms with Crippen LogP contribution in [0, 0.1) is 27.7 Å². The van der Waals surface area contributed by atoms with E-state index in [1.54, 1.807) is 10.9 Å². The van der Waals surface area contributed by atoms with Crippen molar-refractivity contribution >= 4 is 22.4 Å². The Morgan fingerprint density at radius 2 is 1.87 bits per heavy atom. The number of aryl methyl sites for hydroxylation is 3. The highest BCUT2D eigenvalue weighted by atomic mass is 32.1. The molecule has 0 aromatic carbocycles. The van der Waals surface area contributed by atoms with Gasteiger partial charge in [0.15, 0.2) is 5.01 Å². The summed E-state index contributed by atoms with van der Waals surface area (Å²) in [6.07, 6.45) is 1.86. The average molecular weight is 421 g/mol. The van der Waals surface area contributed by atoms with Gasteiger partial charge >= 0.3 is 0 Å². The maximum atomic E-state index is 12.6. The third-order valence-corrected chi connectivity index (χ3v) is 5.35. The molecule has 10 heteroatoms. The molecule has 0 saturated heterocycles. The zero-order valence-electron chi connectivity index (χ0n) is 17.0. The standard InChI is InChI=1S/C20H20N8OS/c1-11-9-12(2)23-19(22-11)28-14(4)15(13(3)27-28)10-17(29)24-20-26-25-18(30-20)16-7-5-6-8-21-16/h5-9H,10H2,1-4H3,(H,24,26,29). The van der Waals surface area contributed by atoms with E-state index in [0.29, 0.717) is 16.1 Å². The molecule has 152 valence electrons. The number of hydrogen-bond donors (Lipinski definition) is 1. The van der Waals surface area contributed by atoms with E-state index in [2.05, 4.69) is 35.6 Å². The maximum absolute atomic E-state index is 12.6. The average Bonchev–Trinajstić information content (AvgIpc) is 3.28. The van der Waals surface area contributed by atoms with E-state index in [1.807, 2.05) is 52.0 Å². The zero-order valence-corrected chi connectivity index (χ0v) is 17.9. The Hall–Kier alpha value is -3.53. The topological polar surface area (TPSA) is 111 Å². The van der Waals surface area contributed by atoms with E-state index in [4.69, 9.17) is 0 Å². The molecule has 0 radical (unpaired) electrons. The summed E-state index contributed by atoms with van der Waals surface area (Å²) >= 11 is 1.28. The van der Waals surface area contributed by atoms with Crippen LogP contribution in [0.2, 0.25) is 0 Å². The highest BCUT2D eigenvalue weighted by Crippen LogP contribution is 2.25. The van der Waals surface area contributed by atoms with Gasteiger partial charge in [0, 0.05) is 28.8 Å². The van der Waals surface area contributed by atoms with Crippen LogP contribution in [0.5, 0.6) is 0 Å².